The molecule has 0 unspecified atom stereocenters. The fraction of sp³-hybridized carbons (Fsp3) is 0.333. The molecule has 2 aromatic rings. The van der Waals surface area contributed by atoms with Gasteiger partial charge in [0.1, 0.15) is 11.4 Å². The van der Waals surface area contributed by atoms with E-state index in [-0.39, 0.29) is 5.75 Å². The number of phenolic OH excluding ortho intramolecular Hbond substituents is 1. The van der Waals surface area contributed by atoms with Gasteiger partial charge in [-0.1, -0.05) is 13.3 Å². The van der Waals surface area contributed by atoms with E-state index in [2.05, 4.69) is 17.1 Å². The minimum Gasteiger partial charge on any atom is -0.508 e. The number of aromatic nitrogens is 3. The van der Waals surface area contributed by atoms with Crippen LogP contribution in [0.25, 0.3) is 11.3 Å². The van der Waals surface area contributed by atoms with E-state index in [1.165, 1.54) is 0 Å². The van der Waals surface area contributed by atoms with Crippen molar-refractivity contribution in [2.45, 2.75) is 19.8 Å². The number of aryl methyl sites for hydroxylation is 2. The van der Waals surface area contributed by atoms with Gasteiger partial charge in [0.2, 0.25) is 0 Å². The van der Waals surface area contributed by atoms with Crippen LogP contribution in [0.4, 0.5) is 0 Å². The number of nitrogens with zero attached hydrogens (tertiary/aromatic N) is 3. The second-order valence-electron chi connectivity index (χ2n) is 3.78. The standard InChI is InChI=1S/C12H15N3O/c1-3-4-11-12(14-15(2)13-11)9-5-7-10(16)8-6-9/h5-8,16H,3-4H2,1-2H3. The zero-order valence-corrected chi connectivity index (χ0v) is 9.51. The van der Waals surface area contributed by atoms with Gasteiger partial charge in [0.15, 0.2) is 0 Å². The highest BCUT2D eigenvalue weighted by Crippen LogP contribution is 2.23. The molecule has 0 aliphatic heterocycles. The van der Waals surface area contributed by atoms with E-state index in [1.807, 2.05) is 19.2 Å². The lowest BCUT2D eigenvalue weighted by Crippen LogP contribution is -1.92. The normalized spacial score (nSPS) is 10.6. The summed E-state index contributed by atoms with van der Waals surface area (Å²) in [5.74, 6) is 0.268. The predicted octanol–water partition coefficient (Wildman–Crippen LogP) is 2.14. The van der Waals surface area contributed by atoms with Crippen molar-refractivity contribution in [3.63, 3.8) is 0 Å². The van der Waals surface area contributed by atoms with E-state index in [4.69, 9.17) is 0 Å². The number of hydrogen-bond acceptors (Lipinski definition) is 3. The van der Waals surface area contributed by atoms with Crippen molar-refractivity contribution in [2.75, 3.05) is 0 Å². The highest BCUT2D eigenvalue weighted by Gasteiger charge is 2.10. The average Bonchev–Trinajstić information content (AvgIpc) is 2.61. The fourth-order valence-electron chi connectivity index (χ4n) is 1.70. The highest BCUT2D eigenvalue weighted by molar-refractivity contribution is 5.62. The SMILES string of the molecule is CCCc1nn(C)nc1-c1ccc(O)cc1. The third-order valence-corrected chi connectivity index (χ3v) is 2.41. The molecule has 2 rings (SSSR count). The van der Waals surface area contributed by atoms with Crippen LogP contribution in [-0.2, 0) is 13.5 Å². The van der Waals surface area contributed by atoms with Gasteiger partial charge in [-0.25, -0.2) is 0 Å². The lowest BCUT2D eigenvalue weighted by molar-refractivity contribution is 0.475. The zero-order chi connectivity index (χ0) is 11.5. The molecule has 0 radical (unpaired) electrons. The molecule has 1 aromatic heterocycles. The van der Waals surface area contributed by atoms with E-state index in [0.717, 1.165) is 29.8 Å². The van der Waals surface area contributed by atoms with E-state index in [1.54, 1.807) is 16.9 Å². The van der Waals surface area contributed by atoms with Crippen LogP contribution < -0.4 is 0 Å². The number of phenols is 1. The maximum Gasteiger partial charge on any atom is 0.116 e. The van der Waals surface area contributed by atoms with Gasteiger partial charge in [-0.3, -0.25) is 0 Å². The van der Waals surface area contributed by atoms with E-state index in [9.17, 15) is 5.11 Å². The molecule has 0 amide bonds. The number of rotatable bonds is 3. The van der Waals surface area contributed by atoms with Crippen molar-refractivity contribution < 1.29 is 5.11 Å². The Morgan fingerprint density at radius 3 is 2.50 bits per heavy atom. The number of hydrogen-bond donors (Lipinski definition) is 1. The summed E-state index contributed by atoms with van der Waals surface area (Å²) in [6, 6.07) is 7.05. The summed E-state index contributed by atoms with van der Waals surface area (Å²) in [5, 5.41) is 17.9. The molecule has 0 fully saturated rings. The first-order chi connectivity index (χ1) is 7.70. The summed E-state index contributed by atoms with van der Waals surface area (Å²) in [6.45, 7) is 2.12. The number of benzene rings is 1. The first-order valence-electron chi connectivity index (χ1n) is 5.40. The van der Waals surface area contributed by atoms with Crippen LogP contribution in [0.1, 0.15) is 19.0 Å². The Morgan fingerprint density at radius 2 is 1.88 bits per heavy atom. The van der Waals surface area contributed by atoms with E-state index >= 15 is 0 Å². The molecule has 16 heavy (non-hydrogen) atoms. The molecule has 4 nitrogen and oxygen atoms in total. The monoisotopic (exact) mass is 217 g/mol. The van der Waals surface area contributed by atoms with Gasteiger partial charge in [0.25, 0.3) is 0 Å². The summed E-state index contributed by atoms with van der Waals surface area (Å²) < 4.78 is 0. The van der Waals surface area contributed by atoms with Crippen molar-refractivity contribution in [3.8, 4) is 17.0 Å². The van der Waals surface area contributed by atoms with Gasteiger partial charge in [-0.15, -0.1) is 0 Å². The van der Waals surface area contributed by atoms with Gasteiger partial charge in [0.05, 0.1) is 5.69 Å². The van der Waals surface area contributed by atoms with Gasteiger partial charge in [0, 0.05) is 12.6 Å². The Kier molecular flexibility index (Phi) is 2.90. The van der Waals surface area contributed by atoms with Crippen LogP contribution in [0.2, 0.25) is 0 Å². The molecule has 1 N–H and O–H groups in total. The minimum atomic E-state index is 0.268. The second-order valence-corrected chi connectivity index (χ2v) is 3.78. The quantitative estimate of drug-likeness (QED) is 0.857. The van der Waals surface area contributed by atoms with Crippen molar-refractivity contribution in [3.05, 3.63) is 30.0 Å². The average molecular weight is 217 g/mol. The predicted molar refractivity (Wildman–Crippen MR) is 62.1 cm³/mol. The lowest BCUT2D eigenvalue weighted by atomic mass is 10.1. The van der Waals surface area contributed by atoms with Crippen molar-refractivity contribution >= 4 is 0 Å². The molecule has 1 heterocycles. The summed E-state index contributed by atoms with van der Waals surface area (Å²) >= 11 is 0. The molecule has 0 spiro atoms. The topological polar surface area (TPSA) is 50.9 Å². The molecule has 0 aliphatic carbocycles. The van der Waals surface area contributed by atoms with Crippen molar-refractivity contribution in [1.29, 1.82) is 0 Å². The molecule has 0 aliphatic rings. The van der Waals surface area contributed by atoms with Crippen LogP contribution in [0.5, 0.6) is 5.75 Å². The van der Waals surface area contributed by atoms with Gasteiger partial charge < -0.3 is 5.11 Å². The lowest BCUT2D eigenvalue weighted by Gasteiger charge is -1.99. The summed E-state index contributed by atoms with van der Waals surface area (Å²) in [6.07, 6.45) is 1.97. The van der Waals surface area contributed by atoms with Crippen LogP contribution >= 0.6 is 0 Å². The summed E-state index contributed by atoms with van der Waals surface area (Å²) in [7, 11) is 1.82. The molecule has 0 bridgehead atoms. The smallest absolute Gasteiger partial charge is 0.116 e. The Balaban J connectivity index is 2.42. The molecular weight excluding hydrogens is 202 g/mol. The third kappa shape index (κ3) is 2.05. The maximum absolute atomic E-state index is 9.24. The molecule has 0 saturated heterocycles. The van der Waals surface area contributed by atoms with Crippen LogP contribution in [0.15, 0.2) is 24.3 Å². The Labute approximate surface area is 94.5 Å². The third-order valence-electron chi connectivity index (χ3n) is 2.41. The molecule has 0 saturated carbocycles. The van der Waals surface area contributed by atoms with Gasteiger partial charge in [-0.05, 0) is 30.7 Å². The van der Waals surface area contributed by atoms with E-state index < -0.39 is 0 Å². The first-order valence-corrected chi connectivity index (χ1v) is 5.40. The van der Waals surface area contributed by atoms with E-state index in [0.29, 0.717) is 0 Å². The summed E-state index contributed by atoms with van der Waals surface area (Å²) in [4.78, 5) is 1.59. The van der Waals surface area contributed by atoms with Crippen LogP contribution in [0.3, 0.4) is 0 Å². The zero-order valence-electron chi connectivity index (χ0n) is 9.51. The van der Waals surface area contributed by atoms with Gasteiger partial charge >= 0.3 is 0 Å². The maximum atomic E-state index is 9.24. The Bertz CT molecular complexity index is 474. The van der Waals surface area contributed by atoms with Crippen molar-refractivity contribution in [2.24, 2.45) is 7.05 Å². The van der Waals surface area contributed by atoms with Crippen LogP contribution in [0, 0.1) is 0 Å². The molecule has 84 valence electrons. The highest BCUT2D eigenvalue weighted by atomic mass is 16.3. The number of aromatic hydroxyl groups is 1. The first kappa shape index (κ1) is 10.7. The molecule has 1 aromatic carbocycles. The molecule has 4 heteroatoms. The molecule has 0 atom stereocenters. The largest absolute Gasteiger partial charge is 0.508 e. The van der Waals surface area contributed by atoms with Gasteiger partial charge in [-0.2, -0.15) is 15.0 Å². The second kappa shape index (κ2) is 4.35. The Morgan fingerprint density at radius 1 is 1.19 bits per heavy atom. The fourth-order valence-corrected chi connectivity index (χ4v) is 1.70. The summed E-state index contributed by atoms with van der Waals surface area (Å²) in [5.41, 5.74) is 2.91. The van der Waals surface area contributed by atoms with Crippen molar-refractivity contribution in [1.82, 2.24) is 15.0 Å². The minimum absolute atomic E-state index is 0.268. The molecular formula is C12H15N3O. The van der Waals surface area contributed by atoms with Crippen LogP contribution in [-0.4, -0.2) is 20.1 Å². The Hall–Kier alpha value is -1.84.